The second-order valence-corrected chi connectivity index (χ2v) is 22.7. The zero-order chi connectivity index (χ0) is 38.8. The molecule has 0 unspecified atom stereocenters. The van der Waals surface area contributed by atoms with Gasteiger partial charge in [0.05, 0.1) is 0 Å². The molecule has 10 aromatic rings. The fourth-order valence-electron chi connectivity index (χ4n) is 9.78. The first kappa shape index (κ1) is 35.6. The molecule has 0 aliphatic heterocycles. The van der Waals surface area contributed by atoms with E-state index in [4.69, 9.17) is 0 Å². The highest BCUT2D eigenvalue weighted by molar-refractivity contribution is 7.21. The minimum atomic E-state index is -2.78. The number of rotatable bonds is 9. The maximum absolute atomic E-state index is 2.78. The largest absolute Gasteiger partial charge is 0.180 e. The van der Waals surface area contributed by atoms with E-state index in [2.05, 4.69) is 255 Å². The second kappa shape index (κ2) is 15.2. The van der Waals surface area contributed by atoms with Gasteiger partial charge in [0, 0.05) is 0 Å². The third kappa shape index (κ3) is 5.72. The van der Waals surface area contributed by atoms with Crippen LogP contribution in [0.1, 0.15) is 0 Å². The molecule has 274 valence electrons. The SMILES string of the molecule is c1ccc([Si](c2ccccc2)(c2ccccc2)c2ccc(-c3ccc([Si](c4ccccc4)(c4ccccc4)c4ccccc4)c4ccccc34)c3ccccc23)cc1. The Balaban J connectivity index is 1.27. The molecule has 0 radical (unpaired) electrons. The van der Waals surface area contributed by atoms with E-state index in [1.54, 1.807) is 0 Å². The van der Waals surface area contributed by atoms with Crippen molar-refractivity contribution in [3.63, 3.8) is 0 Å². The Bertz CT molecular complexity index is 2570. The maximum Gasteiger partial charge on any atom is 0.180 e. The molecule has 0 atom stereocenters. The Morgan fingerprint density at radius 1 is 0.172 bits per heavy atom. The summed E-state index contributed by atoms with van der Waals surface area (Å²) in [5, 5.41) is 16.2. The second-order valence-electron chi connectivity index (χ2n) is 15.1. The van der Waals surface area contributed by atoms with E-state index in [1.807, 2.05) is 0 Å². The highest BCUT2D eigenvalue weighted by Gasteiger charge is 2.44. The quantitative estimate of drug-likeness (QED) is 0.102. The minimum absolute atomic E-state index is 1.26. The molecule has 0 aliphatic carbocycles. The molecule has 10 aromatic carbocycles. The number of benzene rings is 10. The van der Waals surface area contributed by atoms with Gasteiger partial charge in [0.15, 0.2) is 16.1 Å². The minimum Gasteiger partial charge on any atom is -0.0623 e. The molecule has 0 nitrogen and oxygen atoms in total. The van der Waals surface area contributed by atoms with E-state index < -0.39 is 16.1 Å². The van der Waals surface area contributed by atoms with Gasteiger partial charge in [0.1, 0.15) is 0 Å². The highest BCUT2D eigenvalue weighted by atomic mass is 28.3. The van der Waals surface area contributed by atoms with E-state index in [1.165, 1.54) is 74.2 Å². The van der Waals surface area contributed by atoms with Crippen LogP contribution in [0, 0.1) is 0 Å². The molecule has 0 aromatic heterocycles. The summed E-state index contributed by atoms with van der Waals surface area (Å²) in [7, 11) is -5.57. The fraction of sp³-hybridized carbons (Fsp3) is 0. The summed E-state index contributed by atoms with van der Waals surface area (Å²) in [6.07, 6.45) is 0. The van der Waals surface area contributed by atoms with Crippen LogP contribution in [0.5, 0.6) is 0 Å². The van der Waals surface area contributed by atoms with Crippen molar-refractivity contribution >= 4 is 79.2 Å². The molecule has 0 fully saturated rings. The Kier molecular flexibility index (Phi) is 9.35. The lowest BCUT2D eigenvalue weighted by Crippen LogP contribution is -2.74. The molecule has 0 amide bonds. The van der Waals surface area contributed by atoms with Crippen molar-refractivity contribution in [1.29, 1.82) is 0 Å². The van der Waals surface area contributed by atoms with Crippen molar-refractivity contribution in [3.05, 3.63) is 255 Å². The summed E-state index contributed by atoms with van der Waals surface area (Å²) in [5.74, 6) is 0. The van der Waals surface area contributed by atoms with Gasteiger partial charge >= 0.3 is 0 Å². The highest BCUT2D eigenvalue weighted by Crippen LogP contribution is 2.34. The molecule has 0 heterocycles. The maximum atomic E-state index is 2.47. The smallest absolute Gasteiger partial charge is 0.0623 e. The Labute approximate surface area is 343 Å². The van der Waals surface area contributed by atoms with Crippen molar-refractivity contribution in [2.45, 2.75) is 0 Å². The summed E-state index contributed by atoms with van der Waals surface area (Å²) in [4.78, 5) is 0. The van der Waals surface area contributed by atoms with E-state index in [0.717, 1.165) is 0 Å². The molecule has 0 bridgehead atoms. The third-order valence-corrected chi connectivity index (χ3v) is 21.9. The van der Waals surface area contributed by atoms with Crippen LogP contribution in [0.15, 0.2) is 255 Å². The third-order valence-electron chi connectivity index (χ3n) is 12.2. The van der Waals surface area contributed by atoms with Crippen molar-refractivity contribution < 1.29 is 0 Å². The Morgan fingerprint density at radius 2 is 0.379 bits per heavy atom. The monoisotopic (exact) mass is 770 g/mol. The van der Waals surface area contributed by atoms with Crippen LogP contribution in [-0.4, -0.2) is 16.1 Å². The van der Waals surface area contributed by atoms with Gasteiger partial charge in [-0.2, -0.15) is 0 Å². The summed E-state index contributed by atoms with van der Waals surface area (Å²) in [6.45, 7) is 0. The summed E-state index contributed by atoms with van der Waals surface area (Å²) < 4.78 is 0. The van der Waals surface area contributed by atoms with Crippen molar-refractivity contribution in [3.8, 4) is 11.1 Å². The average molecular weight is 771 g/mol. The standard InChI is InChI=1S/C56H42Si2/c1-7-23-43(24-8-1)57(44-25-9-2-10-26-44,45-27-11-3-12-28-45)55-41-39-51(49-35-19-21-37-53(49)55)52-40-42-56(54-38-22-20-36-50(52)54)58(46-29-13-4-14-30-46,47-31-15-5-16-32-47)48-33-17-6-18-34-48/h1-42H. The molecule has 0 aliphatic rings. The Hall–Kier alpha value is -6.85. The molecule has 0 saturated carbocycles. The van der Waals surface area contributed by atoms with Gasteiger partial charge in [-0.3, -0.25) is 0 Å². The van der Waals surface area contributed by atoms with Crippen LogP contribution in [0.2, 0.25) is 0 Å². The molecular weight excluding hydrogens is 729 g/mol. The molecule has 0 spiro atoms. The van der Waals surface area contributed by atoms with Crippen LogP contribution in [0.4, 0.5) is 0 Å². The first-order valence-corrected chi connectivity index (χ1v) is 24.2. The average Bonchev–Trinajstić information content (AvgIpc) is 3.32. The van der Waals surface area contributed by atoms with Gasteiger partial charge in [0.2, 0.25) is 0 Å². The van der Waals surface area contributed by atoms with Gasteiger partial charge in [-0.15, -0.1) is 0 Å². The topological polar surface area (TPSA) is 0 Å². The Morgan fingerprint density at radius 3 is 0.621 bits per heavy atom. The molecule has 0 N–H and O–H groups in total. The first-order chi connectivity index (χ1) is 28.8. The van der Waals surface area contributed by atoms with E-state index >= 15 is 0 Å². The van der Waals surface area contributed by atoms with Crippen molar-refractivity contribution in [2.75, 3.05) is 0 Å². The summed E-state index contributed by atoms with van der Waals surface area (Å²) >= 11 is 0. The lowest BCUT2D eigenvalue weighted by molar-refractivity contribution is 1.66. The predicted molar refractivity (Wildman–Crippen MR) is 254 cm³/mol. The van der Waals surface area contributed by atoms with E-state index in [9.17, 15) is 0 Å². The van der Waals surface area contributed by atoms with Crippen LogP contribution in [0.25, 0.3) is 32.7 Å². The normalized spacial score (nSPS) is 11.8. The van der Waals surface area contributed by atoms with Crippen molar-refractivity contribution in [1.82, 2.24) is 0 Å². The summed E-state index contributed by atoms with van der Waals surface area (Å²) in [5.41, 5.74) is 2.51. The molecular formula is C56H42Si2. The first-order valence-electron chi connectivity index (χ1n) is 20.2. The fourth-order valence-corrected chi connectivity index (χ4v) is 19.7. The molecule has 58 heavy (non-hydrogen) atoms. The van der Waals surface area contributed by atoms with Gasteiger partial charge in [-0.1, -0.05) is 255 Å². The van der Waals surface area contributed by atoms with Gasteiger partial charge < -0.3 is 0 Å². The molecule has 2 heteroatoms. The number of fused-ring (bicyclic) bond motifs is 2. The predicted octanol–water partition coefficient (Wildman–Crippen LogP) is 8.41. The number of hydrogen-bond acceptors (Lipinski definition) is 0. The molecule has 0 saturated heterocycles. The van der Waals surface area contributed by atoms with Crippen LogP contribution >= 0.6 is 0 Å². The lowest BCUT2D eigenvalue weighted by atomic mass is 9.94. The zero-order valence-corrected chi connectivity index (χ0v) is 34.2. The van der Waals surface area contributed by atoms with E-state index in [0.29, 0.717) is 0 Å². The number of hydrogen-bond donors (Lipinski definition) is 0. The molecule has 10 rings (SSSR count). The van der Waals surface area contributed by atoms with E-state index in [-0.39, 0.29) is 0 Å². The van der Waals surface area contributed by atoms with Gasteiger partial charge in [-0.25, -0.2) is 0 Å². The van der Waals surface area contributed by atoms with Gasteiger partial charge in [0.25, 0.3) is 0 Å². The van der Waals surface area contributed by atoms with Crippen LogP contribution in [0.3, 0.4) is 0 Å². The van der Waals surface area contributed by atoms with Crippen molar-refractivity contribution in [2.24, 2.45) is 0 Å². The summed E-state index contributed by atoms with van der Waals surface area (Å²) in [6, 6.07) is 95.5. The van der Waals surface area contributed by atoms with Gasteiger partial charge in [-0.05, 0) is 74.2 Å². The zero-order valence-electron chi connectivity index (χ0n) is 32.2. The van der Waals surface area contributed by atoms with Crippen LogP contribution < -0.4 is 41.5 Å². The lowest BCUT2D eigenvalue weighted by Gasteiger charge is -2.36. The van der Waals surface area contributed by atoms with Crippen LogP contribution in [-0.2, 0) is 0 Å².